The maximum Gasteiger partial charge on any atom is 0.225 e. The Morgan fingerprint density at radius 1 is 1.00 bits per heavy atom. The van der Waals surface area contributed by atoms with Crippen LogP contribution in [0.3, 0.4) is 0 Å². The van der Waals surface area contributed by atoms with E-state index in [1.807, 2.05) is 6.20 Å². The Bertz CT molecular complexity index is 591. The summed E-state index contributed by atoms with van der Waals surface area (Å²) in [6.45, 7) is 6.93. The summed E-state index contributed by atoms with van der Waals surface area (Å²) in [6.07, 6.45) is 7.71. The molecule has 7 nitrogen and oxygen atoms in total. The van der Waals surface area contributed by atoms with Crippen LogP contribution in [0, 0.1) is 5.92 Å². The lowest BCUT2D eigenvalue weighted by Gasteiger charge is -2.37. The zero-order chi connectivity index (χ0) is 17.1. The quantitative estimate of drug-likeness (QED) is 0.819. The Balaban J connectivity index is 1.41. The summed E-state index contributed by atoms with van der Waals surface area (Å²) < 4.78 is 5.45. The van der Waals surface area contributed by atoms with Gasteiger partial charge in [-0.15, -0.1) is 0 Å². The first-order chi connectivity index (χ1) is 12.3. The van der Waals surface area contributed by atoms with E-state index < -0.39 is 0 Å². The van der Waals surface area contributed by atoms with E-state index in [1.54, 1.807) is 6.33 Å². The van der Waals surface area contributed by atoms with Crippen molar-refractivity contribution in [2.45, 2.75) is 25.7 Å². The summed E-state index contributed by atoms with van der Waals surface area (Å²) in [7, 11) is 0. The maximum atomic E-state index is 12.6. The lowest BCUT2D eigenvalue weighted by atomic mass is 9.95. The molecule has 0 atom stereocenters. The van der Waals surface area contributed by atoms with Gasteiger partial charge >= 0.3 is 0 Å². The Kier molecular flexibility index (Phi) is 5.01. The van der Waals surface area contributed by atoms with Crippen molar-refractivity contribution in [2.75, 3.05) is 62.3 Å². The minimum absolute atomic E-state index is 0.186. The zero-order valence-electron chi connectivity index (χ0n) is 14.8. The van der Waals surface area contributed by atoms with Crippen molar-refractivity contribution in [1.82, 2.24) is 14.9 Å². The van der Waals surface area contributed by atoms with Gasteiger partial charge in [0.25, 0.3) is 0 Å². The number of anilines is 2. The van der Waals surface area contributed by atoms with Gasteiger partial charge in [-0.25, -0.2) is 9.97 Å². The number of morpholine rings is 1. The van der Waals surface area contributed by atoms with Gasteiger partial charge in [0.2, 0.25) is 5.91 Å². The minimum atomic E-state index is 0.186. The Morgan fingerprint density at radius 3 is 2.44 bits per heavy atom. The molecule has 0 aromatic carbocycles. The van der Waals surface area contributed by atoms with Gasteiger partial charge < -0.3 is 19.4 Å². The van der Waals surface area contributed by atoms with E-state index in [0.29, 0.717) is 5.91 Å². The Labute approximate surface area is 149 Å². The molecule has 25 heavy (non-hydrogen) atoms. The van der Waals surface area contributed by atoms with Gasteiger partial charge in [-0.3, -0.25) is 4.79 Å². The van der Waals surface area contributed by atoms with Gasteiger partial charge in [-0.05, 0) is 25.7 Å². The number of rotatable bonds is 3. The largest absolute Gasteiger partial charge is 0.378 e. The SMILES string of the molecule is O=C(C1CCN(c2cncnc2N2CCOCC2)CC1)N1CCCC1. The number of aromatic nitrogens is 2. The molecule has 0 radical (unpaired) electrons. The number of nitrogens with zero attached hydrogens (tertiary/aromatic N) is 5. The molecule has 0 bridgehead atoms. The molecule has 1 aromatic rings. The Hall–Kier alpha value is -1.89. The molecule has 7 heteroatoms. The van der Waals surface area contributed by atoms with E-state index >= 15 is 0 Å². The highest BCUT2D eigenvalue weighted by Crippen LogP contribution is 2.31. The molecule has 3 aliphatic heterocycles. The van der Waals surface area contributed by atoms with Crippen LogP contribution in [0.5, 0.6) is 0 Å². The number of hydrogen-bond acceptors (Lipinski definition) is 6. The molecular weight excluding hydrogens is 318 g/mol. The monoisotopic (exact) mass is 345 g/mol. The van der Waals surface area contributed by atoms with Gasteiger partial charge in [0, 0.05) is 45.2 Å². The van der Waals surface area contributed by atoms with Crippen molar-refractivity contribution in [3.8, 4) is 0 Å². The van der Waals surface area contributed by atoms with Crippen LogP contribution in [0.15, 0.2) is 12.5 Å². The first kappa shape index (κ1) is 16.6. The number of amides is 1. The van der Waals surface area contributed by atoms with Gasteiger partial charge in [0.05, 0.1) is 25.1 Å². The van der Waals surface area contributed by atoms with Gasteiger partial charge in [-0.1, -0.05) is 0 Å². The highest BCUT2D eigenvalue weighted by atomic mass is 16.5. The van der Waals surface area contributed by atoms with Gasteiger partial charge in [0.1, 0.15) is 6.33 Å². The third kappa shape index (κ3) is 3.56. The molecule has 4 rings (SSSR count). The second kappa shape index (κ2) is 7.56. The smallest absolute Gasteiger partial charge is 0.225 e. The molecule has 1 aromatic heterocycles. The predicted octanol–water partition coefficient (Wildman–Crippen LogP) is 1.15. The molecule has 0 unspecified atom stereocenters. The molecule has 3 aliphatic rings. The summed E-state index contributed by atoms with van der Waals surface area (Å²) >= 11 is 0. The topological polar surface area (TPSA) is 61.8 Å². The second-order valence-electron chi connectivity index (χ2n) is 7.12. The van der Waals surface area contributed by atoms with Crippen LogP contribution in [0.4, 0.5) is 11.5 Å². The normalized spacial score (nSPS) is 22.5. The standard InChI is InChI=1S/C18H27N5O2/c24-18(23-5-1-2-6-23)15-3-7-21(8-4-15)16-13-19-14-20-17(16)22-9-11-25-12-10-22/h13-15H,1-12H2. The third-order valence-corrected chi connectivity index (χ3v) is 5.59. The lowest BCUT2D eigenvalue weighted by molar-refractivity contribution is -0.135. The molecule has 3 saturated heterocycles. The molecule has 0 aliphatic carbocycles. The summed E-state index contributed by atoms with van der Waals surface area (Å²) in [5, 5.41) is 0. The number of carbonyl (C=O) groups is 1. The van der Waals surface area contributed by atoms with Gasteiger partial charge in [0.15, 0.2) is 5.82 Å². The molecule has 4 heterocycles. The fourth-order valence-corrected chi connectivity index (χ4v) is 4.12. The highest BCUT2D eigenvalue weighted by Gasteiger charge is 2.31. The zero-order valence-corrected chi connectivity index (χ0v) is 14.8. The summed E-state index contributed by atoms with van der Waals surface area (Å²) in [6, 6.07) is 0. The number of carbonyl (C=O) groups excluding carboxylic acids is 1. The van der Waals surface area contributed by atoms with Crippen LogP contribution < -0.4 is 9.80 Å². The van der Waals surface area contributed by atoms with E-state index in [9.17, 15) is 4.79 Å². The highest BCUT2D eigenvalue weighted by molar-refractivity contribution is 5.79. The van der Waals surface area contributed by atoms with Crippen LogP contribution >= 0.6 is 0 Å². The molecular formula is C18H27N5O2. The van der Waals surface area contributed by atoms with Crippen molar-refractivity contribution in [1.29, 1.82) is 0 Å². The maximum absolute atomic E-state index is 12.6. The van der Waals surface area contributed by atoms with Crippen molar-refractivity contribution >= 4 is 17.4 Å². The molecule has 0 N–H and O–H groups in total. The van der Waals surface area contributed by atoms with E-state index in [1.165, 1.54) is 0 Å². The average Bonchev–Trinajstić information content (AvgIpc) is 3.23. The van der Waals surface area contributed by atoms with Crippen LogP contribution in [-0.2, 0) is 9.53 Å². The predicted molar refractivity (Wildman–Crippen MR) is 95.8 cm³/mol. The Morgan fingerprint density at radius 2 is 1.72 bits per heavy atom. The fourth-order valence-electron chi connectivity index (χ4n) is 4.12. The number of piperidine rings is 1. The summed E-state index contributed by atoms with van der Waals surface area (Å²) in [5.74, 6) is 1.56. The van der Waals surface area contributed by atoms with Crippen LogP contribution in [0.2, 0.25) is 0 Å². The van der Waals surface area contributed by atoms with Crippen molar-refractivity contribution in [3.63, 3.8) is 0 Å². The number of likely N-dealkylation sites (tertiary alicyclic amines) is 1. The first-order valence-corrected chi connectivity index (χ1v) is 9.49. The molecule has 136 valence electrons. The molecule has 3 fully saturated rings. The van der Waals surface area contributed by atoms with Crippen molar-refractivity contribution in [3.05, 3.63) is 12.5 Å². The van der Waals surface area contributed by atoms with E-state index in [2.05, 4.69) is 24.7 Å². The van der Waals surface area contributed by atoms with E-state index in [0.717, 1.165) is 89.7 Å². The summed E-state index contributed by atoms with van der Waals surface area (Å²) in [4.78, 5) is 28.1. The fraction of sp³-hybridized carbons (Fsp3) is 0.722. The molecule has 1 amide bonds. The average molecular weight is 345 g/mol. The first-order valence-electron chi connectivity index (χ1n) is 9.49. The van der Waals surface area contributed by atoms with Crippen molar-refractivity contribution in [2.24, 2.45) is 5.92 Å². The van der Waals surface area contributed by atoms with Crippen LogP contribution in [-0.4, -0.2) is 73.3 Å². The van der Waals surface area contributed by atoms with Crippen molar-refractivity contribution < 1.29 is 9.53 Å². The van der Waals surface area contributed by atoms with E-state index in [4.69, 9.17) is 4.74 Å². The molecule has 0 saturated carbocycles. The van der Waals surface area contributed by atoms with Gasteiger partial charge in [-0.2, -0.15) is 0 Å². The summed E-state index contributed by atoms with van der Waals surface area (Å²) in [5.41, 5.74) is 1.09. The third-order valence-electron chi connectivity index (χ3n) is 5.59. The minimum Gasteiger partial charge on any atom is -0.378 e. The number of ether oxygens (including phenoxy) is 1. The lowest BCUT2D eigenvalue weighted by Crippen LogP contribution is -2.43. The van der Waals surface area contributed by atoms with Crippen LogP contribution in [0.25, 0.3) is 0 Å². The number of hydrogen-bond donors (Lipinski definition) is 0. The molecule has 0 spiro atoms. The van der Waals surface area contributed by atoms with Crippen LogP contribution in [0.1, 0.15) is 25.7 Å². The van der Waals surface area contributed by atoms with E-state index in [-0.39, 0.29) is 5.92 Å². The second-order valence-corrected chi connectivity index (χ2v) is 7.12.